The first-order valence-electron chi connectivity index (χ1n) is 5.50. The van der Waals surface area contributed by atoms with Crippen LogP contribution in [0.4, 0.5) is 18.9 Å². The summed E-state index contributed by atoms with van der Waals surface area (Å²) < 4.78 is 41.9. The standard InChI is InChI=1S/C12H14F3NO2/c1-2-18-11(17)6-7-16-10-5-3-4-9(8-10)12(13,14)15/h3-5,8,16H,2,6-7H2,1H3. The molecule has 0 radical (unpaired) electrons. The number of esters is 1. The first-order valence-corrected chi connectivity index (χ1v) is 5.50. The smallest absolute Gasteiger partial charge is 0.416 e. The zero-order chi connectivity index (χ0) is 13.6. The molecule has 1 aromatic carbocycles. The summed E-state index contributed by atoms with van der Waals surface area (Å²) in [4.78, 5) is 11.0. The van der Waals surface area contributed by atoms with Crippen LogP contribution in [0.2, 0.25) is 0 Å². The SMILES string of the molecule is CCOC(=O)CCNc1cccc(C(F)(F)F)c1. The zero-order valence-electron chi connectivity index (χ0n) is 9.88. The summed E-state index contributed by atoms with van der Waals surface area (Å²) in [5.41, 5.74) is -0.391. The van der Waals surface area contributed by atoms with Crippen LogP contribution in [0, 0.1) is 0 Å². The maximum atomic E-state index is 12.4. The van der Waals surface area contributed by atoms with E-state index in [-0.39, 0.29) is 18.9 Å². The van der Waals surface area contributed by atoms with Gasteiger partial charge in [0.15, 0.2) is 0 Å². The Kier molecular flexibility index (Phi) is 5.00. The number of halogens is 3. The first-order chi connectivity index (χ1) is 8.43. The average Bonchev–Trinajstić information content (AvgIpc) is 2.29. The lowest BCUT2D eigenvalue weighted by Crippen LogP contribution is -2.12. The number of carbonyl (C=O) groups excluding carboxylic acids is 1. The number of anilines is 1. The fourth-order valence-electron chi connectivity index (χ4n) is 1.35. The maximum Gasteiger partial charge on any atom is 0.416 e. The number of nitrogens with one attached hydrogen (secondary N) is 1. The summed E-state index contributed by atoms with van der Waals surface area (Å²) in [6, 6.07) is 4.83. The number of hydrogen-bond acceptors (Lipinski definition) is 3. The molecule has 18 heavy (non-hydrogen) atoms. The highest BCUT2D eigenvalue weighted by molar-refractivity contribution is 5.70. The van der Waals surface area contributed by atoms with Crippen LogP contribution in [0.15, 0.2) is 24.3 Å². The molecule has 0 spiro atoms. The Morgan fingerprint density at radius 2 is 2.11 bits per heavy atom. The average molecular weight is 261 g/mol. The van der Waals surface area contributed by atoms with Crippen LogP contribution < -0.4 is 5.32 Å². The summed E-state index contributed by atoms with van der Waals surface area (Å²) in [6.07, 6.45) is -4.25. The van der Waals surface area contributed by atoms with Crippen molar-refractivity contribution in [1.82, 2.24) is 0 Å². The summed E-state index contributed by atoms with van der Waals surface area (Å²) in [5.74, 6) is -0.378. The maximum absolute atomic E-state index is 12.4. The topological polar surface area (TPSA) is 38.3 Å². The zero-order valence-corrected chi connectivity index (χ0v) is 9.88. The molecule has 0 amide bonds. The van der Waals surface area contributed by atoms with Gasteiger partial charge < -0.3 is 10.1 Å². The lowest BCUT2D eigenvalue weighted by atomic mass is 10.2. The van der Waals surface area contributed by atoms with Crippen molar-refractivity contribution in [3.8, 4) is 0 Å². The van der Waals surface area contributed by atoms with Gasteiger partial charge in [-0.3, -0.25) is 4.79 Å². The van der Waals surface area contributed by atoms with Gasteiger partial charge in [0, 0.05) is 12.2 Å². The van der Waals surface area contributed by atoms with E-state index in [1.54, 1.807) is 6.92 Å². The Balaban J connectivity index is 2.51. The molecule has 1 N–H and O–H groups in total. The molecule has 0 unspecified atom stereocenters. The number of hydrogen-bond donors (Lipinski definition) is 1. The number of carbonyl (C=O) groups is 1. The Bertz CT molecular complexity index is 405. The van der Waals surface area contributed by atoms with Gasteiger partial charge in [0.25, 0.3) is 0 Å². The largest absolute Gasteiger partial charge is 0.466 e. The highest BCUT2D eigenvalue weighted by atomic mass is 19.4. The van der Waals surface area contributed by atoms with Crippen molar-refractivity contribution in [2.45, 2.75) is 19.5 Å². The molecule has 0 aliphatic rings. The Morgan fingerprint density at radius 1 is 1.39 bits per heavy atom. The van der Waals surface area contributed by atoms with Crippen LogP contribution in [0.25, 0.3) is 0 Å². The van der Waals surface area contributed by atoms with Crippen molar-refractivity contribution in [3.63, 3.8) is 0 Å². The minimum Gasteiger partial charge on any atom is -0.466 e. The van der Waals surface area contributed by atoms with E-state index in [1.807, 2.05) is 0 Å². The summed E-state index contributed by atoms with van der Waals surface area (Å²) in [7, 11) is 0. The quantitative estimate of drug-likeness (QED) is 0.828. The van der Waals surface area contributed by atoms with Crippen molar-refractivity contribution >= 4 is 11.7 Å². The normalized spacial score (nSPS) is 11.1. The monoisotopic (exact) mass is 261 g/mol. The molecule has 0 heterocycles. The molecule has 0 saturated carbocycles. The van der Waals surface area contributed by atoms with Crippen molar-refractivity contribution in [2.24, 2.45) is 0 Å². The van der Waals surface area contributed by atoms with E-state index in [0.29, 0.717) is 12.3 Å². The third kappa shape index (κ3) is 4.65. The second-order valence-corrected chi connectivity index (χ2v) is 3.56. The molecule has 0 bridgehead atoms. The summed E-state index contributed by atoms with van der Waals surface area (Å²) in [5, 5.41) is 2.75. The Labute approximate surface area is 103 Å². The van der Waals surface area contributed by atoms with E-state index in [1.165, 1.54) is 12.1 Å². The minimum absolute atomic E-state index is 0.115. The Morgan fingerprint density at radius 3 is 2.72 bits per heavy atom. The van der Waals surface area contributed by atoms with Gasteiger partial charge in [-0.15, -0.1) is 0 Å². The fraction of sp³-hybridized carbons (Fsp3) is 0.417. The van der Waals surface area contributed by atoms with Crippen molar-refractivity contribution in [3.05, 3.63) is 29.8 Å². The number of rotatable bonds is 5. The van der Waals surface area contributed by atoms with Crippen molar-refractivity contribution in [2.75, 3.05) is 18.5 Å². The van der Waals surface area contributed by atoms with Gasteiger partial charge in [-0.25, -0.2) is 0 Å². The summed E-state index contributed by atoms with van der Waals surface area (Å²) >= 11 is 0. The predicted octanol–water partition coefficient (Wildman–Crippen LogP) is 3.07. The molecule has 1 aromatic rings. The first kappa shape index (κ1) is 14.3. The van der Waals surface area contributed by atoms with Gasteiger partial charge >= 0.3 is 12.1 Å². The molecule has 6 heteroatoms. The third-order valence-corrected chi connectivity index (χ3v) is 2.15. The van der Waals surface area contributed by atoms with E-state index in [4.69, 9.17) is 4.74 Å². The lowest BCUT2D eigenvalue weighted by molar-refractivity contribution is -0.142. The molecule has 100 valence electrons. The molecule has 0 aliphatic carbocycles. The van der Waals surface area contributed by atoms with Gasteiger partial charge in [-0.05, 0) is 25.1 Å². The Hall–Kier alpha value is -1.72. The number of alkyl halides is 3. The van der Waals surface area contributed by atoms with Gasteiger partial charge in [0.05, 0.1) is 18.6 Å². The molecule has 0 aliphatic heterocycles. The molecule has 0 saturated heterocycles. The second-order valence-electron chi connectivity index (χ2n) is 3.56. The molecule has 0 atom stereocenters. The van der Waals surface area contributed by atoms with Crippen LogP contribution in [0.5, 0.6) is 0 Å². The van der Waals surface area contributed by atoms with Gasteiger partial charge in [-0.1, -0.05) is 6.07 Å². The number of benzene rings is 1. The molecular formula is C12H14F3NO2. The van der Waals surface area contributed by atoms with Gasteiger partial charge in [-0.2, -0.15) is 13.2 Å². The fourth-order valence-corrected chi connectivity index (χ4v) is 1.35. The molecule has 3 nitrogen and oxygen atoms in total. The molecule has 0 fully saturated rings. The number of ether oxygens (including phenoxy) is 1. The molecule has 1 rings (SSSR count). The van der Waals surface area contributed by atoms with Crippen LogP contribution >= 0.6 is 0 Å². The van der Waals surface area contributed by atoms with Gasteiger partial charge in [0.2, 0.25) is 0 Å². The van der Waals surface area contributed by atoms with Crippen LogP contribution in [0.1, 0.15) is 18.9 Å². The van der Waals surface area contributed by atoms with Crippen molar-refractivity contribution < 1.29 is 22.7 Å². The lowest BCUT2D eigenvalue weighted by Gasteiger charge is -2.10. The highest BCUT2D eigenvalue weighted by Gasteiger charge is 2.30. The van der Waals surface area contributed by atoms with Gasteiger partial charge in [0.1, 0.15) is 0 Å². The highest BCUT2D eigenvalue weighted by Crippen LogP contribution is 2.30. The third-order valence-electron chi connectivity index (χ3n) is 2.15. The van der Waals surface area contributed by atoms with E-state index in [2.05, 4.69) is 5.32 Å². The van der Waals surface area contributed by atoms with Crippen LogP contribution in [-0.2, 0) is 15.7 Å². The second kappa shape index (κ2) is 6.28. The summed E-state index contributed by atoms with van der Waals surface area (Å²) in [6.45, 7) is 2.22. The minimum atomic E-state index is -4.36. The van der Waals surface area contributed by atoms with E-state index >= 15 is 0 Å². The van der Waals surface area contributed by atoms with E-state index in [0.717, 1.165) is 12.1 Å². The molecular weight excluding hydrogens is 247 g/mol. The molecule has 0 aromatic heterocycles. The predicted molar refractivity (Wildman–Crippen MR) is 61.2 cm³/mol. The van der Waals surface area contributed by atoms with E-state index < -0.39 is 11.7 Å². The van der Waals surface area contributed by atoms with Crippen LogP contribution in [-0.4, -0.2) is 19.1 Å². The van der Waals surface area contributed by atoms with Crippen LogP contribution in [0.3, 0.4) is 0 Å². The van der Waals surface area contributed by atoms with E-state index in [9.17, 15) is 18.0 Å². The van der Waals surface area contributed by atoms with Crippen molar-refractivity contribution in [1.29, 1.82) is 0 Å².